The molecule has 1 aromatic heterocycles. The Morgan fingerprint density at radius 2 is 2.22 bits per heavy atom. The smallest absolute Gasteiger partial charge is 0.376 e. The number of halogens is 1. The minimum absolute atomic E-state index is 0.00273. The number of benzene rings is 1. The van der Waals surface area contributed by atoms with Crippen LogP contribution in [0.3, 0.4) is 0 Å². The highest BCUT2D eigenvalue weighted by molar-refractivity contribution is 9.10. The summed E-state index contributed by atoms with van der Waals surface area (Å²) in [6.07, 6.45) is 0. The minimum atomic E-state index is -0.583. The molecular formula is C12H12BrNO4. The number of fused-ring (bicyclic) bond motifs is 1. The first kappa shape index (κ1) is 12.8. The second kappa shape index (κ2) is 4.89. The first-order valence-corrected chi connectivity index (χ1v) is 6.11. The number of esters is 1. The van der Waals surface area contributed by atoms with Gasteiger partial charge in [0.1, 0.15) is 0 Å². The predicted molar refractivity (Wildman–Crippen MR) is 70.8 cm³/mol. The Morgan fingerprint density at radius 1 is 1.50 bits per heavy atom. The molecule has 2 rings (SSSR count). The number of hydrogen-bond acceptors (Lipinski definition) is 5. The van der Waals surface area contributed by atoms with Crippen LogP contribution in [0.2, 0.25) is 0 Å². The molecule has 2 aromatic rings. The number of anilines is 1. The standard InChI is InChI=1S/C12H12BrNO4/c1-3-17-12(15)11-9(14)8-6(13)4-5-7(16-2)10(8)18-11/h4-5H,3,14H2,1-2H3. The normalized spacial score (nSPS) is 10.6. The van der Waals surface area contributed by atoms with Crippen molar-refractivity contribution < 1.29 is 18.7 Å². The van der Waals surface area contributed by atoms with Gasteiger partial charge < -0.3 is 19.6 Å². The lowest BCUT2D eigenvalue weighted by Crippen LogP contribution is -2.05. The number of furan rings is 1. The molecule has 0 aliphatic rings. The van der Waals surface area contributed by atoms with Gasteiger partial charge in [-0.25, -0.2) is 4.79 Å². The lowest BCUT2D eigenvalue weighted by molar-refractivity contribution is 0.0494. The number of hydrogen-bond donors (Lipinski definition) is 1. The van der Waals surface area contributed by atoms with Crippen LogP contribution in [0, 0.1) is 0 Å². The number of nitrogen functional groups attached to an aromatic ring is 1. The van der Waals surface area contributed by atoms with E-state index in [1.54, 1.807) is 19.1 Å². The molecule has 0 saturated heterocycles. The Bertz CT molecular complexity index is 606. The molecule has 18 heavy (non-hydrogen) atoms. The summed E-state index contributed by atoms with van der Waals surface area (Å²) in [6.45, 7) is 1.97. The fraction of sp³-hybridized carbons (Fsp3) is 0.250. The lowest BCUT2D eigenvalue weighted by atomic mass is 10.2. The van der Waals surface area contributed by atoms with Crippen molar-refractivity contribution in [2.45, 2.75) is 6.92 Å². The van der Waals surface area contributed by atoms with Crippen LogP contribution < -0.4 is 10.5 Å². The van der Waals surface area contributed by atoms with Crippen molar-refractivity contribution in [2.75, 3.05) is 19.5 Å². The number of rotatable bonds is 3. The van der Waals surface area contributed by atoms with Gasteiger partial charge in [-0.2, -0.15) is 0 Å². The van der Waals surface area contributed by atoms with E-state index in [0.717, 1.165) is 4.47 Å². The third kappa shape index (κ3) is 1.92. The van der Waals surface area contributed by atoms with Gasteiger partial charge in [-0.1, -0.05) is 0 Å². The quantitative estimate of drug-likeness (QED) is 0.882. The van der Waals surface area contributed by atoms with Gasteiger partial charge in [-0.05, 0) is 35.0 Å². The van der Waals surface area contributed by atoms with E-state index in [1.165, 1.54) is 7.11 Å². The molecule has 2 N–H and O–H groups in total. The molecule has 1 aromatic carbocycles. The Labute approximate surface area is 112 Å². The van der Waals surface area contributed by atoms with E-state index in [4.69, 9.17) is 19.6 Å². The molecule has 96 valence electrons. The summed E-state index contributed by atoms with van der Waals surface area (Å²) in [6, 6.07) is 3.51. The zero-order chi connectivity index (χ0) is 13.3. The highest BCUT2D eigenvalue weighted by Crippen LogP contribution is 2.39. The second-order valence-corrected chi connectivity index (χ2v) is 4.37. The van der Waals surface area contributed by atoms with E-state index in [0.29, 0.717) is 16.7 Å². The van der Waals surface area contributed by atoms with Crippen LogP contribution in [0.4, 0.5) is 5.69 Å². The summed E-state index contributed by atoms with van der Waals surface area (Å²) in [5, 5.41) is 0.609. The number of carbonyl (C=O) groups excluding carboxylic acids is 1. The van der Waals surface area contributed by atoms with Crippen molar-refractivity contribution in [3.05, 3.63) is 22.4 Å². The Balaban J connectivity index is 2.68. The lowest BCUT2D eigenvalue weighted by Gasteiger charge is -2.00. The zero-order valence-corrected chi connectivity index (χ0v) is 11.5. The molecule has 0 spiro atoms. The SMILES string of the molecule is CCOC(=O)c1oc2c(OC)ccc(Br)c2c1N. The fourth-order valence-corrected chi connectivity index (χ4v) is 2.20. The van der Waals surface area contributed by atoms with Crippen molar-refractivity contribution in [3.63, 3.8) is 0 Å². The zero-order valence-electron chi connectivity index (χ0n) is 9.95. The second-order valence-electron chi connectivity index (χ2n) is 3.52. The fourth-order valence-electron chi connectivity index (χ4n) is 1.67. The number of carbonyl (C=O) groups is 1. The molecule has 0 aliphatic carbocycles. The Morgan fingerprint density at radius 3 is 2.83 bits per heavy atom. The Hall–Kier alpha value is -1.69. The van der Waals surface area contributed by atoms with Gasteiger partial charge >= 0.3 is 5.97 Å². The monoisotopic (exact) mass is 313 g/mol. The molecule has 1 heterocycles. The molecule has 0 bridgehead atoms. The first-order valence-electron chi connectivity index (χ1n) is 5.31. The maximum Gasteiger partial charge on any atom is 0.376 e. The minimum Gasteiger partial charge on any atom is -0.493 e. The summed E-state index contributed by atoms with van der Waals surface area (Å²) < 4.78 is 16.2. The van der Waals surface area contributed by atoms with Gasteiger partial charge in [0.2, 0.25) is 5.76 Å². The maximum atomic E-state index is 11.7. The van der Waals surface area contributed by atoms with Crippen LogP contribution >= 0.6 is 15.9 Å². The van der Waals surface area contributed by atoms with Gasteiger partial charge in [-0.15, -0.1) is 0 Å². The molecule has 0 aliphatic heterocycles. The van der Waals surface area contributed by atoms with Gasteiger partial charge in [0.05, 0.1) is 24.8 Å². The van der Waals surface area contributed by atoms with Crippen molar-refractivity contribution in [3.8, 4) is 5.75 Å². The summed E-state index contributed by atoms with van der Waals surface area (Å²) in [7, 11) is 1.52. The van der Waals surface area contributed by atoms with E-state index in [2.05, 4.69) is 15.9 Å². The summed E-state index contributed by atoms with van der Waals surface area (Å²) in [4.78, 5) is 11.7. The van der Waals surface area contributed by atoms with Crippen molar-refractivity contribution in [1.29, 1.82) is 0 Å². The summed E-state index contributed by atoms with van der Waals surface area (Å²) >= 11 is 3.36. The van der Waals surface area contributed by atoms with E-state index in [1.807, 2.05) is 0 Å². The third-order valence-corrected chi connectivity index (χ3v) is 3.13. The molecule has 6 heteroatoms. The van der Waals surface area contributed by atoms with Crippen molar-refractivity contribution >= 4 is 38.6 Å². The molecule has 0 unspecified atom stereocenters. The largest absolute Gasteiger partial charge is 0.493 e. The van der Waals surface area contributed by atoms with Crippen LogP contribution in [-0.2, 0) is 4.74 Å². The average molecular weight is 314 g/mol. The number of nitrogens with two attached hydrogens (primary N) is 1. The predicted octanol–water partition coefficient (Wildman–Crippen LogP) is 2.96. The highest BCUT2D eigenvalue weighted by atomic mass is 79.9. The summed E-state index contributed by atoms with van der Waals surface area (Å²) in [5.74, 6) is -0.0762. The molecule has 0 atom stereocenters. The number of ether oxygens (including phenoxy) is 2. The molecule has 0 radical (unpaired) electrons. The van der Waals surface area contributed by atoms with E-state index >= 15 is 0 Å². The van der Waals surface area contributed by atoms with Crippen LogP contribution in [-0.4, -0.2) is 19.7 Å². The third-order valence-electron chi connectivity index (χ3n) is 2.47. The maximum absolute atomic E-state index is 11.7. The van der Waals surface area contributed by atoms with E-state index in [-0.39, 0.29) is 18.1 Å². The highest BCUT2D eigenvalue weighted by Gasteiger charge is 2.23. The molecule has 0 saturated carbocycles. The summed E-state index contributed by atoms with van der Waals surface area (Å²) in [5.41, 5.74) is 6.58. The van der Waals surface area contributed by atoms with Crippen LogP contribution in [0.15, 0.2) is 21.0 Å². The molecule has 5 nitrogen and oxygen atoms in total. The van der Waals surface area contributed by atoms with Gasteiger partial charge in [0, 0.05) is 4.47 Å². The van der Waals surface area contributed by atoms with Gasteiger partial charge in [0.15, 0.2) is 11.3 Å². The van der Waals surface area contributed by atoms with Crippen LogP contribution in [0.5, 0.6) is 5.75 Å². The van der Waals surface area contributed by atoms with E-state index < -0.39 is 5.97 Å². The first-order chi connectivity index (χ1) is 8.60. The van der Waals surface area contributed by atoms with Crippen LogP contribution in [0.1, 0.15) is 17.5 Å². The molecular weight excluding hydrogens is 302 g/mol. The molecule has 0 amide bonds. The topological polar surface area (TPSA) is 74.7 Å². The van der Waals surface area contributed by atoms with Crippen molar-refractivity contribution in [2.24, 2.45) is 0 Å². The number of methoxy groups -OCH3 is 1. The van der Waals surface area contributed by atoms with Gasteiger partial charge in [0.25, 0.3) is 0 Å². The van der Waals surface area contributed by atoms with Gasteiger partial charge in [-0.3, -0.25) is 0 Å². The van der Waals surface area contributed by atoms with Crippen molar-refractivity contribution in [1.82, 2.24) is 0 Å². The Kier molecular flexibility index (Phi) is 3.47. The van der Waals surface area contributed by atoms with E-state index in [9.17, 15) is 4.79 Å². The van der Waals surface area contributed by atoms with Crippen LogP contribution in [0.25, 0.3) is 11.0 Å². The average Bonchev–Trinajstić information content (AvgIpc) is 2.69. The molecule has 0 fully saturated rings.